The molecule has 0 aliphatic heterocycles. The predicted octanol–water partition coefficient (Wildman–Crippen LogP) is 5.52. The molecule has 6 heteroatoms. The molecule has 0 unspecified atom stereocenters. The van der Waals surface area contributed by atoms with E-state index in [1.807, 2.05) is 0 Å². The summed E-state index contributed by atoms with van der Waals surface area (Å²) in [6.07, 6.45) is 17.9. The van der Waals surface area contributed by atoms with Crippen LogP contribution < -0.4 is 0 Å². The molecule has 2 N–H and O–H groups in total. The number of carboxylic acids is 1. The first-order valence-electron chi connectivity index (χ1n) is 10.4. The first kappa shape index (κ1) is 29.1. The number of carbonyl (C=O) groups is 2. The molecule has 0 amide bonds. The van der Waals surface area contributed by atoms with Gasteiger partial charge in [-0.2, -0.15) is 0 Å². The SMILES string of the molecule is CCCCCC[C@@H](O)C/C=C\CCCCCCCC(=O)OC=C(C)C(=O)O.[Cu]. The predicted molar refractivity (Wildman–Crippen MR) is 108 cm³/mol. The summed E-state index contributed by atoms with van der Waals surface area (Å²) in [5.41, 5.74) is 0.0143. The number of ether oxygens (including phenoxy) is 1. The van der Waals surface area contributed by atoms with Gasteiger partial charge in [0.05, 0.1) is 11.7 Å². The average molecular weight is 446 g/mol. The third-order valence-electron chi connectivity index (χ3n) is 4.42. The van der Waals surface area contributed by atoms with Crippen LogP contribution in [0.3, 0.4) is 0 Å². The van der Waals surface area contributed by atoms with Crippen molar-refractivity contribution in [2.24, 2.45) is 0 Å². The van der Waals surface area contributed by atoms with Gasteiger partial charge in [0.15, 0.2) is 0 Å². The second-order valence-electron chi connectivity index (χ2n) is 7.11. The number of rotatable bonds is 17. The van der Waals surface area contributed by atoms with Gasteiger partial charge >= 0.3 is 11.9 Å². The first-order valence-corrected chi connectivity index (χ1v) is 10.4. The Balaban J connectivity index is 0. The van der Waals surface area contributed by atoms with Crippen molar-refractivity contribution in [1.82, 2.24) is 0 Å². The molecule has 0 aromatic rings. The maximum Gasteiger partial charge on any atom is 0.334 e. The van der Waals surface area contributed by atoms with Crippen LogP contribution in [0.4, 0.5) is 0 Å². The van der Waals surface area contributed by atoms with Crippen molar-refractivity contribution in [2.45, 2.75) is 103 Å². The Bertz CT molecular complexity index is 460. The van der Waals surface area contributed by atoms with Crippen LogP contribution in [0.25, 0.3) is 0 Å². The second-order valence-corrected chi connectivity index (χ2v) is 7.11. The standard InChI is InChI=1S/C22H38O5.Cu/c1-3-4-5-12-15-20(23)16-13-10-8-6-7-9-11-14-17-21(24)27-18-19(2)22(25)26;/h10,13,18,20,23H,3-9,11-12,14-17H2,1-2H3,(H,25,26);/b13-10-,19-18?;/t20-;/m1./s1. The molecule has 0 spiro atoms. The normalized spacial score (nSPS) is 12.6. The molecule has 0 heterocycles. The van der Waals surface area contributed by atoms with Gasteiger partial charge in [0.25, 0.3) is 0 Å². The van der Waals surface area contributed by atoms with Gasteiger partial charge in [0.2, 0.25) is 0 Å². The van der Waals surface area contributed by atoms with Gasteiger partial charge in [0.1, 0.15) is 6.26 Å². The van der Waals surface area contributed by atoms with E-state index in [0.717, 1.165) is 64.0 Å². The molecule has 0 aromatic carbocycles. The summed E-state index contributed by atoms with van der Waals surface area (Å²) >= 11 is 0. The molecule has 1 radical (unpaired) electrons. The zero-order valence-corrected chi connectivity index (χ0v) is 18.4. The number of hydrogen-bond acceptors (Lipinski definition) is 4. The van der Waals surface area contributed by atoms with Gasteiger partial charge in [0, 0.05) is 23.5 Å². The van der Waals surface area contributed by atoms with Crippen molar-refractivity contribution in [3.63, 3.8) is 0 Å². The van der Waals surface area contributed by atoms with Gasteiger partial charge in [-0.25, -0.2) is 4.79 Å². The van der Waals surface area contributed by atoms with E-state index < -0.39 is 5.97 Å². The van der Waals surface area contributed by atoms with Crippen LogP contribution >= 0.6 is 0 Å². The van der Waals surface area contributed by atoms with Gasteiger partial charge in [-0.3, -0.25) is 4.79 Å². The van der Waals surface area contributed by atoms with Crippen molar-refractivity contribution >= 4 is 11.9 Å². The van der Waals surface area contributed by atoms with Gasteiger partial charge < -0.3 is 14.9 Å². The minimum atomic E-state index is -1.08. The molecular formula is C22H38CuO5. The van der Waals surface area contributed by atoms with Gasteiger partial charge in [-0.05, 0) is 39.0 Å². The van der Waals surface area contributed by atoms with Crippen molar-refractivity contribution in [3.8, 4) is 0 Å². The third kappa shape index (κ3) is 19.7. The largest absolute Gasteiger partial charge is 0.478 e. The maximum atomic E-state index is 11.4. The smallest absolute Gasteiger partial charge is 0.334 e. The fourth-order valence-electron chi connectivity index (χ4n) is 2.62. The Hall–Kier alpha value is -1.10. The number of carbonyl (C=O) groups excluding carboxylic acids is 1. The maximum absolute atomic E-state index is 11.4. The fourth-order valence-corrected chi connectivity index (χ4v) is 2.62. The molecule has 0 fully saturated rings. The number of aliphatic carboxylic acids is 1. The summed E-state index contributed by atoms with van der Waals surface area (Å²) < 4.78 is 4.78. The summed E-state index contributed by atoms with van der Waals surface area (Å²) in [4.78, 5) is 22.0. The van der Waals surface area contributed by atoms with Crippen molar-refractivity contribution in [1.29, 1.82) is 0 Å². The van der Waals surface area contributed by atoms with Crippen LogP contribution in [0, 0.1) is 0 Å². The van der Waals surface area contributed by atoms with Crippen LogP contribution in [-0.2, 0) is 31.4 Å². The molecule has 0 saturated carbocycles. The van der Waals surface area contributed by atoms with E-state index >= 15 is 0 Å². The molecule has 0 aliphatic carbocycles. The number of esters is 1. The number of aliphatic hydroxyl groups excluding tert-OH is 1. The average Bonchev–Trinajstić information content (AvgIpc) is 2.64. The summed E-state index contributed by atoms with van der Waals surface area (Å²) in [7, 11) is 0. The summed E-state index contributed by atoms with van der Waals surface area (Å²) in [5.74, 6) is -1.47. The van der Waals surface area contributed by atoms with Crippen LogP contribution in [0.2, 0.25) is 0 Å². The fraction of sp³-hybridized carbons (Fsp3) is 0.727. The van der Waals surface area contributed by atoms with Gasteiger partial charge in [-0.15, -0.1) is 0 Å². The van der Waals surface area contributed by atoms with Crippen molar-refractivity contribution in [3.05, 3.63) is 24.0 Å². The van der Waals surface area contributed by atoms with Crippen LogP contribution in [0.1, 0.15) is 97.3 Å². The summed E-state index contributed by atoms with van der Waals surface area (Å²) in [6, 6.07) is 0. The van der Waals surface area contributed by atoms with E-state index in [0.29, 0.717) is 6.42 Å². The van der Waals surface area contributed by atoms with Gasteiger partial charge in [-0.1, -0.05) is 64.0 Å². The Labute approximate surface area is 181 Å². The number of unbranched alkanes of at least 4 members (excludes halogenated alkanes) is 8. The van der Waals surface area contributed by atoms with E-state index in [1.54, 1.807) is 0 Å². The Morgan fingerprint density at radius 1 is 0.964 bits per heavy atom. The number of hydrogen-bond donors (Lipinski definition) is 2. The monoisotopic (exact) mass is 445 g/mol. The molecule has 1 atom stereocenters. The molecule has 167 valence electrons. The molecule has 0 aromatic heterocycles. The zero-order valence-electron chi connectivity index (χ0n) is 17.4. The first-order chi connectivity index (χ1) is 13.0. The Morgan fingerprint density at radius 3 is 2.29 bits per heavy atom. The molecular weight excluding hydrogens is 408 g/mol. The van der Waals surface area contributed by atoms with E-state index in [-0.39, 0.29) is 34.7 Å². The molecule has 0 aliphatic rings. The molecule has 5 nitrogen and oxygen atoms in total. The van der Waals surface area contributed by atoms with Crippen molar-refractivity contribution in [2.75, 3.05) is 0 Å². The van der Waals surface area contributed by atoms with E-state index in [1.165, 1.54) is 26.2 Å². The third-order valence-corrected chi connectivity index (χ3v) is 4.42. The second kappa shape index (κ2) is 20.6. The topological polar surface area (TPSA) is 83.8 Å². The summed E-state index contributed by atoms with van der Waals surface area (Å²) in [5, 5.41) is 18.5. The van der Waals surface area contributed by atoms with Crippen LogP contribution in [0.15, 0.2) is 24.0 Å². The quantitative estimate of drug-likeness (QED) is 0.0768. The zero-order chi connectivity index (χ0) is 20.3. The van der Waals surface area contributed by atoms with Crippen molar-refractivity contribution < 1.29 is 41.6 Å². The van der Waals surface area contributed by atoms with Crippen LogP contribution in [0.5, 0.6) is 0 Å². The number of carboxylic acid groups (broad SMARTS) is 1. The molecule has 28 heavy (non-hydrogen) atoms. The van der Waals surface area contributed by atoms with Crippen LogP contribution in [-0.4, -0.2) is 28.3 Å². The van der Waals surface area contributed by atoms with E-state index in [2.05, 4.69) is 19.1 Å². The van der Waals surface area contributed by atoms with E-state index in [9.17, 15) is 14.7 Å². The Morgan fingerprint density at radius 2 is 1.61 bits per heavy atom. The molecule has 0 rings (SSSR count). The minimum Gasteiger partial charge on any atom is -0.478 e. The summed E-state index contributed by atoms with van der Waals surface area (Å²) in [6.45, 7) is 3.58. The Kier molecular flexibility index (Phi) is 21.4. The minimum absolute atomic E-state index is 0. The number of aliphatic hydroxyl groups is 1. The van der Waals surface area contributed by atoms with E-state index in [4.69, 9.17) is 9.84 Å². The molecule has 0 bridgehead atoms. The molecule has 0 saturated heterocycles. The number of allylic oxidation sites excluding steroid dienone is 1.